The Labute approximate surface area is 134 Å². The van der Waals surface area contributed by atoms with Gasteiger partial charge in [-0.05, 0) is 37.5 Å². The number of ether oxygens (including phenoxy) is 2. The number of nitrogens with one attached hydrogen (secondary N) is 1. The maximum atomic E-state index is 11.9. The van der Waals surface area contributed by atoms with Crippen molar-refractivity contribution < 1.29 is 14.3 Å². The fourth-order valence-corrected chi connectivity index (χ4v) is 2.75. The van der Waals surface area contributed by atoms with Crippen LogP contribution in [0.1, 0.15) is 37.8 Å². The Bertz CT molecular complexity index is 461. The number of amides is 1. The fourth-order valence-electron chi connectivity index (χ4n) is 2.33. The van der Waals surface area contributed by atoms with Gasteiger partial charge in [-0.2, -0.15) is 0 Å². The maximum Gasteiger partial charge on any atom is 0.222 e. The van der Waals surface area contributed by atoms with Crippen molar-refractivity contribution in [3.05, 3.63) is 34.3 Å². The van der Waals surface area contributed by atoms with Crippen LogP contribution >= 0.6 is 15.9 Å². The highest BCUT2D eigenvalue weighted by molar-refractivity contribution is 9.10. The standard InChI is InChI=1S/C16H22BrNO3/c1-12(13-4-2-5-14(17)10-13)18-16(19)7-9-20-11-15-6-3-8-21-15/h2,4-5,10,12,15H,3,6-9,11H2,1H3,(H,18,19)/t12-,15-/m0/s1. The molecular formula is C16H22BrNO3. The van der Waals surface area contributed by atoms with E-state index in [0.29, 0.717) is 19.6 Å². The molecule has 2 rings (SSSR count). The zero-order valence-electron chi connectivity index (χ0n) is 12.3. The molecule has 1 N–H and O–H groups in total. The second kappa shape index (κ2) is 8.51. The minimum absolute atomic E-state index is 0.00633. The fraction of sp³-hybridized carbons (Fsp3) is 0.562. The molecule has 0 radical (unpaired) electrons. The number of halogens is 1. The van der Waals surface area contributed by atoms with Crippen LogP contribution in [0.4, 0.5) is 0 Å². The lowest BCUT2D eigenvalue weighted by Crippen LogP contribution is -2.28. The van der Waals surface area contributed by atoms with Crippen molar-refractivity contribution in [1.82, 2.24) is 5.32 Å². The molecule has 4 nitrogen and oxygen atoms in total. The molecular weight excluding hydrogens is 334 g/mol. The molecule has 1 aromatic rings. The number of hydrogen-bond acceptors (Lipinski definition) is 3. The second-order valence-electron chi connectivity index (χ2n) is 5.30. The van der Waals surface area contributed by atoms with E-state index in [4.69, 9.17) is 9.47 Å². The van der Waals surface area contributed by atoms with Gasteiger partial charge in [0.2, 0.25) is 5.91 Å². The average Bonchev–Trinajstić information content (AvgIpc) is 2.97. The lowest BCUT2D eigenvalue weighted by atomic mass is 10.1. The number of benzene rings is 1. The Morgan fingerprint density at radius 1 is 1.57 bits per heavy atom. The van der Waals surface area contributed by atoms with E-state index in [2.05, 4.69) is 21.2 Å². The first-order valence-corrected chi connectivity index (χ1v) is 8.18. The van der Waals surface area contributed by atoms with Crippen molar-refractivity contribution in [2.75, 3.05) is 19.8 Å². The van der Waals surface area contributed by atoms with E-state index < -0.39 is 0 Å². The second-order valence-corrected chi connectivity index (χ2v) is 6.22. The summed E-state index contributed by atoms with van der Waals surface area (Å²) in [5, 5.41) is 2.98. The lowest BCUT2D eigenvalue weighted by Gasteiger charge is -2.15. The molecule has 0 saturated carbocycles. The third-order valence-corrected chi connectivity index (χ3v) is 4.02. The van der Waals surface area contributed by atoms with Crippen LogP contribution in [-0.2, 0) is 14.3 Å². The SMILES string of the molecule is C[C@H](NC(=O)CCOC[C@@H]1CCCO1)c1cccc(Br)c1. The first-order valence-electron chi connectivity index (χ1n) is 7.39. The summed E-state index contributed by atoms with van der Waals surface area (Å²) < 4.78 is 12.0. The number of hydrogen-bond donors (Lipinski definition) is 1. The zero-order valence-corrected chi connectivity index (χ0v) is 13.9. The highest BCUT2D eigenvalue weighted by atomic mass is 79.9. The van der Waals surface area contributed by atoms with E-state index in [0.717, 1.165) is 29.5 Å². The van der Waals surface area contributed by atoms with Crippen LogP contribution < -0.4 is 5.32 Å². The van der Waals surface area contributed by atoms with Gasteiger partial charge in [-0.25, -0.2) is 0 Å². The topological polar surface area (TPSA) is 47.6 Å². The minimum Gasteiger partial charge on any atom is -0.378 e. The molecule has 1 aliphatic rings. The van der Waals surface area contributed by atoms with Crippen molar-refractivity contribution >= 4 is 21.8 Å². The lowest BCUT2D eigenvalue weighted by molar-refractivity contribution is -0.123. The third-order valence-electron chi connectivity index (χ3n) is 3.53. The Morgan fingerprint density at radius 3 is 3.14 bits per heavy atom. The van der Waals surface area contributed by atoms with E-state index in [1.54, 1.807) is 0 Å². The smallest absolute Gasteiger partial charge is 0.222 e. The van der Waals surface area contributed by atoms with Gasteiger partial charge in [-0.15, -0.1) is 0 Å². The van der Waals surface area contributed by atoms with Gasteiger partial charge in [0.1, 0.15) is 0 Å². The summed E-state index contributed by atoms with van der Waals surface area (Å²) in [6.45, 7) is 3.84. The van der Waals surface area contributed by atoms with Gasteiger partial charge >= 0.3 is 0 Å². The van der Waals surface area contributed by atoms with Gasteiger partial charge in [-0.3, -0.25) is 4.79 Å². The molecule has 0 aromatic heterocycles. The van der Waals surface area contributed by atoms with Crippen LogP contribution in [0.5, 0.6) is 0 Å². The highest BCUT2D eigenvalue weighted by Crippen LogP contribution is 2.18. The van der Waals surface area contributed by atoms with Gasteiger partial charge in [0.25, 0.3) is 0 Å². The van der Waals surface area contributed by atoms with E-state index in [1.807, 2.05) is 31.2 Å². The van der Waals surface area contributed by atoms with Crippen LogP contribution in [0.2, 0.25) is 0 Å². The molecule has 2 atom stereocenters. The van der Waals surface area contributed by atoms with Gasteiger partial charge in [-0.1, -0.05) is 28.1 Å². The molecule has 1 amide bonds. The first-order chi connectivity index (χ1) is 10.1. The van der Waals surface area contributed by atoms with Gasteiger partial charge < -0.3 is 14.8 Å². The Hall–Kier alpha value is -0.910. The zero-order chi connectivity index (χ0) is 15.1. The summed E-state index contributed by atoms with van der Waals surface area (Å²) in [5.74, 6) is 0.00909. The molecule has 21 heavy (non-hydrogen) atoms. The minimum atomic E-state index is -0.00633. The molecule has 1 fully saturated rings. The van der Waals surface area contributed by atoms with Crippen LogP contribution in [0.3, 0.4) is 0 Å². The van der Waals surface area contributed by atoms with Gasteiger partial charge in [0.05, 0.1) is 25.4 Å². The number of carbonyl (C=O) groups is 1. The van der Waals surface area contributed by atoms with Crippen molar-refractivity contribution in [1.29, 1.82) is 0 Å². The van der Waals surface area contributed by atoms with Crippen molar-refractivity contribution in [2.45, 2.75) is 38.3 Å². The summed E-state index contributed by atoms with van der Waals surface area (Å²) >= 11 is 3.44. The van der Waals surface area contributed by atoms with E-state index in [9.17, 15) is 4.79 Å². The highest BCUT2D eigenvalue weighted by Gasteiger charge is 2.15. The molecule has 0 unspecified atom stereocenters. The Kier molecular flexibility index (Phi) is 6.67. The van der Waals surface area contributed by atoms with E-state index in [1.165, 1.54) is 0 Å². The Morgan fingerprint density at radius 2 is 2.43 bits per heavy atom. The molecule has 5 heteroatoms. The molecule has 0 bridgehead atoms. The van der Waals surface area contributed by atoms with Crippen molar-refractivity contribution in [2.24, 2.45) is 0 Å². The van der Waals surface area contributed by atoms with Crippen LogP contribution in [0.15, 0.2) is 28.7 Å². The van der Waals surface area contributed by atoms with Crippen LogP contribution in [0.25, 0.3) is 0 Å². The van der Waals surface area contributed by atoms with Crippen LogP contribution in [0, 0.1) is 0 Å². The molecule has 0 aliphatic carbocycles. The first kappa shape index (κ1) is 16.5. The molecule has 1 aliphatic heterocycles. The summed E-state index contributed by atoms with van der Waals surface area (Å²) in [6, 6.07) is 7.94. The Balaban J connectivity index is 1.64. The summed E-state index contributed by atoms with van der Waals surface area (Å²) in [7, 11) is 0. The third kappa shape index (κ3) is 5.77. The molecule has 116 valence electrons. The van der Waals surface area contributed by atoms with Crippen LogP contribution in [-0.4, -0.2) is 31.8 Å². The summed E-state index contributed by atoms with van der Waals surface area (Å²) in [5.41, 5.74) is 1.08. The normalized spacial score (nSPS) is 19.4. The molecule has 1 saturated heterocycles. The number of rotatable bonds is 7. The molecule has 1 aromatic carbocycles. The number of carbonyl (C=O) groups excluding carboxylic acids is 1. The van der Waals surface area contributed by atoms with Crippen molar-refractivity contribution in [3.63, 3.8) is 0 Å². The van der Waals surface area contributed by atoms with Gasteiger partial charge in [0.15, 0.2) is 0 Å². The molecule has 1 heterocycles. The molecule has 0 spiro atoms. The summed E-state index contributed by atoms with van der Waals surface area (Å²) in [4.78, 5) is 11.9. The van der Waals surface area contributed by atoms with E-state index >= 15 is 0 Å². The van der Waals surface area contributed by atoms with Crippen molar-refractivity contribution in [3.8, 4) is 0 Å². The predicted molar refractivity (Wildman–Crippen MR) is 85.1 cm³/mol. The average molecular weight is 356 g/mol. The predicted octanol–water partition coefficient (Wildman–Crippen LogP) is 3.21. The van der Waals surface area contributed by atoms with E-state index in [-0.39, 0.29) is 18.1 Å². The summed E-state index contributed by atoms with van der Waals surface area (Å²) in [6.07, 6.45) is 2.77. The maximum absolute atomic E-state index is 11.9. The largest absolute Gasteiger partial charge is 0.378 e. The quantitative estimate of drug-likeness (QED) is 0.764. The van der Waals surface area contributed by atoms with Gasteiger partial charge in [0, 0.05) is 17.5 Å². The monoisotopic (exact) mass is 355 g/mol.